The summed E-state index contributed by atoms with van der Waals surface area (Å²) in [5.74, 6) is -0.619. The van der Waals surface area contributed by atoms with Crippen LogP contribution in [0.2, 0.25) is 0 Å². The molecule has 4 rings (SSSR count). The van der Waals surface area contributed by atoms with Crippen molar-refractivity contribution in [1.29, 1.82) is 0 Å². The molecule has 0 saturated heterocycles. The Hall–Kier alpha value is -3.87. The minimum atomic E-state index is -0.840. The Balaban J connectivity index is 1.63. The van der Waals surface area contributed by atoms with Crippen molar-refractivity contribution < 1.29 is 19.1 Å². The van der Waals surface area contributed by atoms with Crippen LogP contribution in [0.15, 0.2) is 60.7 Å². The van der Waals surface area contributed by atoms with E-state index in [1.54, 1.807) is 25.7 Å². The minimum Gasteiger partial charge on any atom is -0.444 e. The van der Waals surface area contributed by atoms with Gasteiger partial charge in [0.25, 0.3) is 5.91 Å². The van der Waals surface area contributed by atoms with Gasteiger partial charge in [0, 0.05) is 11.7 Å². The molecule has 1 saturated carbocycles. The molecule has 2 N–H and O–H groups in total. The first kappa shape index (κ1) is 26.2. The third kappa shape index (κ3) is 6.67. The van der Waals surface area contributed by atoms with Crippen LogP contribution in [-0.4, -0.2) is 41.0 Å². The SMILES string of the molecule is Cc1ccc(C(C(=O)Nc2ccc3ccccc3c2)N(C(=O)CNC(=O)OC(C)(C)C)C2CC2)c(C)c1. The molecule has 1 aliphatic carbocycles. The summed E-state index contributed by atoms with van der Waals surface area (Å²) in [6, 6.07) is 18.7. The number of ether oxygens (including phenoxy) is 1. The van der Waals surface area contributed by atoms with E-state index in [-0.39, 0.29) is 24.4 Å². The zero-order valence-corrected chi connectivity index (χ0v) is 22.1. The fourth-order valence-electron chi connectivity index (χ4n) is 4.49. The lowest BCUT2D eigenvalue weighted by molar-refractivity contribution is -0.139. The molecule has 1 unspecified atom stereocenters. The molecule has 3 aromatic rings. The summed E-state index contributed by atoms with van der Waals surface area (Å²) < 4.78 is 5.28. The summed E-state index contributed by atoms with van der Waals surface area (Å²) in [6.07, 6.45) is 0.950. The zero-order valence-electron chi connectivity index (χ0n) is 22.1. The number of fused-ring (bicyclic) bond motifs is 1. The molecule has 7 heteroatoms. The predicted octanol–water partition coefficient (Wildman–Crippen LogP) is 5.65. The maximum atomic E-state index is 13.9. The average Bonchev–Trinajstić information content (AvgIpc) is 3.65. The first-order valence-electron chi connectivity index (χ1n) is 12.7. The fourth-order valence-corrected chi connectivity index (χ4v) is 4.49. The van der Waals surface area contributed by atoms with Crippen molar-refractivity contribution in [1.82, 2.24) is 10.2 Å². The van der Waals surface area contributed by atoms with Crippen LogP contribution in [0.3, 0.4) is 0 Å². The number of aryl methyl sites for hydroxylation is 2. The second-order valence-corrected chi connectivity index (χ2v) is 10.7. The Labute approximate surface area is 218 Å². The van der Waals surface area contributed by atoms with Crippen molar-refractivity contribution in [2.75, 3.05) is 11.9 Å². The number of amides is 3. The van der Waals surface area contributed by atoms with E-state index in [4.69, 9.17) is 4.74 Å². The molecule has 1 fully saturated rings. The Kier molecular flexibility index (Phi) is 7.52. The highest BCUT2D eigenvalue weighted by molar-refractivity contribution is 6.00. The number of hydrogen-bond donors (Lipinski definition) is 2. The Morgan fingerprint density at radius 3 is 2.32 bits per heavy atom. The average molecular weight is 502 g/mol. The van der Waals surface area contributed by atoms with E-state index in [0.717, 1.165) is 40.3 Å². The molecule has 0 bridgehead atoms. The van der Waals surface area contributed by atoms with Gasteiger partial charge in [-0.25, -0.2) is 4.79 Å². The summed E-state index contributed by atoms with van der Waals surface area (Å²) in [5, 5.41) is 7.69. The number of anilines is 1. The van der Waals surface area contributed by atoms with Crippen LogP contribution in [0.5, 0.6) is 0 Å². The molecule has 37 heavy (non-hydrogen) atoms. The molecule has 1 aliphatic rings. The van der Waals surface area contributed by atoms with Gasteiger partial charge >= 0.3 is 6.09 Å². The highest BCUT2D eigenvalue weighted by Crippen LogP contribution is 2.37. The normalized spacial score (nSPS) is 14.1. The van der Waals surface area contributed by atoms with E-state index in [1.807, 2.05) is 74.5 Å². The van der Waals surface area contributed by atoms with Crippen LogP contribution in [0, 0.1) is 13.8 Å². The van der Waals surface area contributed by atoms with Gasteiger partial charge in [-0.05, 0) is 81.5 Å². The molecule has 1 atom stereocenters. The van der Waals surface area contributed by atoms with Gasteiger partial charge < -0.3 is 20.3 Å². The van der Waals surface area contributed by atoms with E-state index in [2.05, 4.69) is 10.6 Å². The molecule has 3 aromatic carbocycles. The van der Waals surface area contributed by atoms with Gasteiger partial charge in [0.05, 0.1) is 0 Å². The molecule has 7 nitrogen and oxygen atoms in total. The first-order chi connectivity index (χ1) is 17.5. The number of rotatable bonds is 7. The molecule has 0 heterocycles. The molecule has 0 radical (unpaired) electrons. The second-order valence-electron chi connectivity index (χ2n) is 10.7. The summed E-state index contributed by atoms with van der Waals surface area (Å²) in [4.78, 5) is 41.2. The van der Waals surface area contributed by atoms with Crippen LogP contribution in [0.1, 0.15) is 56.3 Å². The maximum Gasteiger partial charge on any atom is 0.408 e. The van der Waals surface area contributed by atoms with Crippen molar-refractivity contribution in [2.45, 2.75) is 65.1 Å². The van der Waals surface area contributed by atoms with Gasteiger partial charge in [0.1, 0.15) is 18.2 Å². The number of benzene rings is 3. The van der Waals surface area contributed by atoms with Crippen LogP contribution in [0.4, 0.5) is 10.5 Å². The number of alkyl carbamates (subject to hydrolysis) is 1. The highest BCUT2D eigenvalue weighted by atomic mass is 16.6. The van der Waals surface area contributed by atoms with Crippen LogP contribution in [-0.2, 0) is 14.3 Å². The number of carbonyl (C=O) groups excluding carboxylic acids is 3. The van der Waals surface area contributed by atoms with Crippen LogP contribution < -0.4 is 10.6 Å². The van der Waals surface area contributed by atoms with E-state index in [1.165, 1.54) is 0 Å². The molecular weight excluding hydrogens is 466 g/mol. The Bertz CT molecular complexity index is 1320. The van der Waals surface area contributed by atoms with Crippen molar-refractivity contribution in [3.05, 3.63) is 77.4 Å². The number of carbonyl (C=O) groups is 3. The number of hydrogen-bond acceptors (Lipinski definition) is 4. The summed E-state index contributed by atoms with van der Waals surface area (Å²) >= 11 is 0. The molecule has 194 valence electrons. The fraction of sp³-hybridized carbons (Fsp3) is 0.367. The highest BCUT2D eigenvalue weighted by Gasteiger charge is 2.42. The van der Waals surface area contributed by atoms with Crippen molar-refractivity contribution in [3.63, 3.8) is 0 Å². The smallest absolute Gasteiger partial charge is 0.408 e. The van der Waals surface area contributed by atoms with E-state index < -0.39 is 17.7 Å². The van der Waals surface area contributed by atoms with Crippen molar-refractivity contribution in [3.8, 4) is 0 Å². The molecule has 0 spiro atoms. The summed E-state index contributed by atoms with van der Waals surface area (Å²) in [7, 11) is 0. The zero-order chi connectivity index (χ0) is 26.7. The largest absolute Gasteiger partial charge is 0.444 e. The van der Waals surface area contributed by atoms with Crippen molar-refractivity contribution >= 4 is 34.4 Å². The van der Waals surface area contributed by atoms with E-state index in [9.17, 15) is 14.4 Å². The summed E-state index contributed by atoms with van der Waals surface area (Å²) in [6.45, 7) is 8.98. The summed E-state index contributed by atoms with van der Waals surface area (Å²) in [5.41, 5.74) is 2.75. The monoisotopic (exact) mass is 501 g/mol. The molecule has 3 amide bonds. The first-order valence-corrected chi connectivity index (χ1v) is 12.7. The quantitative estimate of drug-likeness (QED) is 0.438. The van der Waals surface area contributed by atoms with Gasteiger partial charge in [0.2, 0.25) is 5.91 Å². The topological polar surface area (TPSA) is 87.7 Å². The lowest BCUT2D eigenvalue weighted by Crippen LogP contribution is -2.47. The van der Waals surface area contributed by atoms with Crippen LogP contribution in [0.25, 0.3) is 10.8 Å². The number of nitrogens with zero attached hydrogens (tertiary/aromatic N) is 1. The standard InChI is InChI=1S/C30H35N3O4/c1-19-10-15-25(20(2)16-19)27(28(35)32-23-12-11-21-8-6-7-9-22(21)17-23)33(24-13-14-24)26(34)18-31-29(36)37-30(3,4)5/h6-12,15-17,24,27H,13-14,18H2,1-5H3,(H,31,36)(H,32,35). The third-order valence-corrected chi connectivity index (χ3v) is 6.27. The van der Waals surface area contributed by atoms with Gasteiger partial charge in [-0.15, -0.1) is 0 Å². The van der Waals surface area contributed by atoms with E-state index in [0.29, 0.717) is 5.69 Å². The van der Waals surface area contributed by atoms with E-state index >= 15 is 0 Å². The molecular formula is C30H35N3O4. The molecule has 0 aliphatic heterocycles. The van der Waals surface area contributed by atoms with Gasteiger partial charge in [-0.1, -0.05) is 54.1 Å². The third-order valence-electron chi connectivity index (χ3n) is 6.27. The second kappa shape index (κ2) is 10.6. The van der Waals surface area contributed by atoms with Crippen LogP contribution >= 0.6 is 0 Å². The van der Waals surface area contributed by atoms with Gasteiger partial charge in [-0.3, -0.25) is 9.59 Å². The molecule has 0 aromatic heterocycles. The van der Waals surface area contributed by atoms with Gasteiger partial charge in [-0.2, -0.15) is 0 Å². The van der Waals surface area contributed by atoms with Gasteiger partial charge in [0.15, 0.2) is 0 Å². The Morgan fingerprint density at radius 2 is 1.68 bits per heavy atom. The maximum absolute atomic E-state index is 13.9. The number of nitrogens with one attached hydrogen (secondary N) is 2. The minimum absolute atomic E-state index is 0.0685. The van der Waals surface area contributed by atoms with Crippen molar-refractivity contribution in [2.24, 2.45) is 0 Å². The predicted molar refractivity (Wildman–Crippen MR) is 145 cm³/mol. The lowest BCUT2D eigenvalue weighted by Gasteiger charge is -2.32. The lowest BCUT2D eigenvalue weighted by atomic mass is 9.96. The Morgan fingerprint density at radius 1 is 0.973 bits per heavy atom.